The fourth-order valence-electron chi connectivity index (χ4n) is 2.58. The number of phosphoric ester groups is 1. The lowest BCUT2D eigenvalue weighted by Crippen LogP contribution is -1.96. The summed E-state index contributed by atoms with van der Waals surface area (Å²) in [6.07, 6.45) is 8.94. The van der Waals surface area contributed by atoms with Crippen LogP contribution in [-0.2, 0) is 18.0 Å². The standard InChI is InChI=1S/C20H29FO7P2/c1-16(2)6-4-7-17(3)8-5-9-18(19-10-12-20(21)13-11-19)14-15-27-30(25,26)28-29(22,23)24/h6,8,10-14H,4-5,7,9,15H2,1-3H3,(H,25,26)(H2,22,23,24)/b17-8+,18-14-. The molecule has 0 saturated heterocycles. The molecule has 3 N–H and O–H groups in total. The van der Waals surface area contributed by atoms with E-state index in [-0.39, 0.29) is 5.82 Å². The van der Waals surface area contributed by atoms with Gasteiger partial charge in [0.1, 0.15) is 5.82 Å². The molecule has 0 saturated carbocycles. The van der Waals surface area contributed by atoms with Gasteiger partial charge in [-0.1, -0.05) is 41.5 Å². The highest BCUT2D eigenvalue weighted by Crippen LogP contribution is 2.57. The molecule has 168 valence electrons. The van der Waals surface area contributed by atoms with Crippen LogP contribution in [0.15, 0.2) is 53.6 Å². The van der Waals surface area contributed by atoms with Crippen molar-refractivity contribution in [3.05, 3.63) is 65.0 Å². The molecule has 1 aromatic carbocycles. The molecular formula is C20H29FO7P2. The Balaban J connectivity index is 2.82. The smallest absolute Gasteiger partial charge is 0.302 e. The average Bonchev–Trinajstić information content (AvgIpc) is 2.58. The minimum atomic E-state index is -5.17. The summed E-state index contributed by atoms with van der Waals surface area (Å²) in [4.78, 5) is 26.6. The second-order valence-electron chi connectivity index (χ2n) is 6.98. The molecule has 0 heterocycles. The van der Waals surface area contributed by atoms with Crippen LogP contribution in [0.25, 0.3) is 5.57 Å². The third kappa shape index (κ3) is 12.4. The number of rotatable bonds is 12. The van der Waals surface area contributed by atoms with E-state index in [4.69, 9.17) is 9.79 Å². The van der Waals surface area contributed by atoms with Gasteiger partial charge in [0.25, 0.3) is 0 Å². The van der Waals surface area contributed by atoms with Crippen LogP contribution in [0.1, 0.15) is 52.0 Å². The lowest BCUT2D eigenvalue weighted by atomic mass is 9.99. The summed E-state index contributed by atoms with van der Waals surface area (Å²) >= 11 is 0. The molecular weight excluding hydrogens is 433 g/mol. The van der Waals surface area contributed by atoms with E-state index in [1.807, 2.05) is 6.92 Å². The molecule has 7 nitrogen and oxygen atoms in total. The Morgan fingerprint density at radius 1 is 0.967 bits per heavy atom. The Bertz CT molecular complexity index is 866. The summed E-state index contributed by atoms with van der Waals surface area (Å²) in [5.41, 5.74) is 3.95. The second-order valence-corrected chi connectivity index (χ2v) is 9.81. The van der Waals surface area contributed by atoms with Crippen LogP contribution >= 0.6 is 15.6 Å². The maximum atomic E-state index is 13.2. The second kappa shape index (κ2) is 12.5. The highest BCUT2D eigenvalue weighted by atomic mass is 31.3. The minimum absolute atomic E-state index is 0.390. The maximum Gasteiger partial charge on any atom is 0.481 e. The fourth-order valence-corrected chi connectivity index (χ4v) is 4.11. The zero-order valence-electron chi connectivity index (χ0n) is 17.3. The van der Waals surface area contributed by atoms with Gasteiger partial charge in [-0.15, -0.1) is 0 Å². The number of allylic oxidation sites excluding steroid dienone is 5. The van der Waals surface area contributed by atoms with E-state index in [0.717, 1.165) is 18.4 Å². The van der Waals surface area contributed by atoms with E-state index in [9.17, 15) is 18.4 Å². The van der Waals surface area contributed by atoms with Crippen LogP contribution in [0.2, 0.25) is 0 Å². The van der Waals surface area contributed by atoms with E-state index < -0.39 is 22.3 Å². The third-order valence-corrected chi connectivity index (χ3v) is 6.14. The van der Waals surface area contributed by atoms with Gasteiger partial charge in [-0.3, -0.25) is 4.52 Å². The van der Waals surface area contributed by atoms with Crippen molar-refractivity contribution >= 4 is 21.2 Å². The first-order valence-corrected chi connectivity index (χ1v) is 12.4. The minimum Gasteiger partial charge on any atom is -0.302 e. The molecule has 0 aromatic heterocycles. The van der Waals surface area contributed by atoms with Crippen molar-refractivity contribution in [2.75, 3.05) is 6.61 Å². The van der Waals surface area contributed by atoms with Gasteiger partial charge in [0.15, 0.2) is 0 Å². The molecule has 0 spiro atoms. The van der Waals surface area contributed by atoms with E-state index in [0.29, 0.717) is 18.4 Å². The molecule has 0 bridgehead atoms. The van der Waals surface area contributed by atoms with Crippen molar-refractivity contribution in [1.82, 2.24) is 0 Å². The molecule has 0 amide bonds. The van der Waals surface area contributed by atoms with E-state index in [1.54, 1.807) is 12.1 Å². The molecule has 1 rings (SSSR count). The monoisotopic (exact) mass is 462 g/mol. The first-order valence-electron chi connectivity index (χ1n) is 9.36. The van der Waals surface area contributed by atoms with Crippen molar-refractivity contribution in [2.24, 2.45) is 0 Å². The van der Waals surface area contributed by atoms with Crippen LogP contribution in [0.4, 0.5) is 4.39 Å². The maximum absolute atomic E-state index is 13.2. The quantitative estimate of drug-likeness (QED) is 0.261. The van der Waals surface area contributed by atoms with Crippen LogP contribution < -0.4 is 0 Å². The Hall–Kier alpha value is -1.37. The van der Waals surface area contributed by atoms with Gasteiger partial charge >= 0.3 is 15.6 Å². The van der Waals surface area contributed by atoms with Crippen molar-refractivity contribution in [2.45, 2.75) is 46.5 Å². The van der Waals surface area contributed by atoms with Crippen molar-refractivity contribution < 1.29 is 37.0 Å². The van der Waals surface area contributed by atoms with Crippen molar-refractivity contribution in [3.63, 3.8) is 0 Å². The van der Waals surface area contributed by atoms with Gasteiger partial charge in [-0.05, 0) is 69.7 Å². The normalized spacial score (nSPS) is 15.0. The van der Waals surface area contributed by atoms with E-state index in [2.05, 4.69) is 34.8 Å². The fraction of sp³-hybridized carbons (Fsp3) is 0.400. The summed E-state index contributed by atoms with van der Waals surface area (Å²) in [5, 5.41) is 0. The molecule has 1 atom stereocenters. The number of hydrogen-bond acceptors (Lipinski definition) is 4. The zero-order chi connectivity index (χ0) is 22.8. The molecule has 1 unspecified atom stereocenters. The number of benzene rings is 1. The molecule has 0 aliphatic rings. The molecule has 10 heteroatoms. The highest BCUT2D eigenvalue weighted by molar-refractivity contribution is 7.60. The Kier molecular flexibility index (Phi) is 11.1. The van der Waals surface area contributed by atoms with Gasteiger partial charge in [-0.25, -0.2) is 13.5 Å². The molecule has 0 aliphatic heterocycles. The highest BCUT2D eigenvalue weighted by Gasteiger charge is 2.31. The summed E-state index contributed by atoms with van der Waals surface area (Å²) < 4.78 is 43.9. The Labute approximate surface area is 176 Å². The largest absolute Gasteiger partial charge is 0.481 e. The summed E-state index contributed by atoms with van der Waals surface area (Å²) in [6.45, 7) is 5.74. The predicted molar refractivity (Wildman–Crippen MR) is 115 cm³/mol. The first-order chi connectivity index (χ1) is 13.9. The van der Waals surface area contributed by atoms with Crippen LogP contribution in [0.5, 0.6) is 0 Å². The van der Waals surface area contributed by atoms with E-state index >= 15 is 0 Å². The third-order valence-electron chi connectivity index (χ3n) is 3.99. The Morgan fingerprint density at radius 3 is 2.13 bits per heavy atom. The average molecular weight is 462 g/mol. The number of halogens is 1. The molecule has 1 aromatic rings. The van der Waals surface area contributed by atoms with Gasteiger partial charge in [0.2, 0.25) is 0 Å². The molecule has 30 heavy (non-hydrogen) atoms. The Morgan fingerprint density at radius 2 is 1.57 bits per heavy atom. The molecule has 0 aliphatic carbocycles. The lowest BCUT2D eigenvalue weighted by molar-refractivity contribution is 0.191. The predicted octanol–water partition coefficient (Wildman–Crippen LogP) is 5.91. The van der Waals surface area contributed by atoms with Crippen LogP contribution in [0.3, 0.4) is 0 Å². The SMILES string of the molecule is CC(C)=CCC/C(C)=C/CC/C(=C/COP(=O)(O)OP(=O)(O)O)c1ccc(F)cc1. The van der Waals surface area contributed by atoms with Gasteiger partial charge in [0.05, 0.1) is 6.61 Å². The lowest BCUT2D eigenvalue weighted by Gasteiger charge is -2.12. The summed E-state index contributed by atoms with van der Waals surface area (Å²) in [5.74, 6) is -0.390. The van der Waals surface area contributed by atoms with Crippen LogP contribution in [-0.4, -0.2) is 21.3 Å². The van der Waals surface area contributed by atoms with Gasteiger partial charge in [-0.2, -0.15) is 4.31 Å². The topological polar surface area (TPSA) is 113 Å². The number of phosphoric acid groups is 2. The molecule has 0 radical (unpaired) electrons. The van der Waals surface area contributed by atoms with Crippen LogP contribution in [0, 0.1) is 5.82 Å². The van der Waals surface area contributed by atoms with Crippen molar-refractivity contribution in [3.8, 4) is 0 Å². The van der Waals surface area contributed by atoms with Crippen molar-refractivity contribution in [1.29, 1.82) is 0 Å². The summed E-state index contributed by atoms with van der Waals surface area (Å²) in [6, 6.07) is 5.77. The van der Waals surface area contributed by atoms with E-state index in [1.165, 1.54) is 29.4 Å². The number of hydrogen-bond donors (Lipinski definition) is 3. The zero-order valence-corrected chi connectivity index (χ0v) is 19.1. The van der Waals surface area contributed by atoms with Gasteiger partial charge in [0, 0.05) is 0 Å². The van der Waals surface area contributed by atoms with Gasteiger partial charge < -0.3 is 14.7 Å². The first kappa shape index (κ1) is 26.7. The molecule has 0 fully saturated rings. The summed E-state index contributed by atoms with van der Waals surface area (Å²) in [7, 11) is -10.1.